The van der Waals surface area contributed by atoms with E-state index in [0.29, 0.717) is 12.5 Å². The number of likely N-dealkylation sites (tertiary alicyclic amines) is 1. The summed E-state index contributed by atoms with van der Waals surface area (Å²) in [6, 6.07) is 7.38. The summed E-state index contributed by atoms with van der Waals surface area (Å²) in [4.78, 5) is 30.4. The molecule has 1 aliphatic heterocycles. The highest BCUT2D eigenvalue weighted by Crippen LogP contribution is 2.18. The standard InChI is InChI=1S/C17H23N5O2/c1-20-14(9-16(23)21(2)17(20)24)12-22-8-6-13(11-22)10-19-15-5-3-4-7-18-15/h3-5,7,9,13H,6,8,10-12H2,1-2H3,(H,18,19)/t13-/m1/s1. The SMILES string of the molecule is Cn1c(CN2CC[C@H](CNc3ccccn3)C2)cc(=O)n(C)c1=O. The summed E-state index contributed by atoms with van der Waals surface area (Å²) in [6.07, 6.45) is 2.87. The van der Waals surface area contributed by atoms with Crippen LogP contribution in [0.15, 0.2) is 40.1 Å². The molecule has 0 aliphatic carbocycles. The lowest BCUT2D eigenvalue weighted by Crippen LogP contribution is -2.39. The summed E-state index contributed by atoms with van der Waals surface area (Å²) in [5.74, 6) is 1.43. The fourth-order valence-corrected chi connectivity index (χ4v) is 3.10. The Hall–Kier alpha value is -2.41. The highest BCUT2D eigenvalue weighted by atomic mass is 16.2. The van der Waals surface area contributed by atoms with Gasteiger partial charge in [-0.25, -0.2) is 9.78 Å². The zero-order valence-corrected chi connectivity index (χ0v) is 14.1. The molecule has 1 atom stereocenters. The van der Waals surface area contributed by atoms with E-state index in [0.717, 1.165) is 42.1 Å². The van der Waals surface area contributed by atoms with Crippen molar-refractivity contribution in [3.05, 3.63) is 57.0 Å². The summed E-state index contributed by atoms with van der Waals surface area (Å²) in [5.41, 5.74) is 0.243. The summed E-state index contributed by atoms with van der Waals surface area (Å²) < 4.78 is 2.69. The van der Waals surface area contributed by atoms with E-state index in [1.54, 1.807) is 23.9 Å². The molecule has 0 aromatic carbocycles. The van der Waals surface area contributed by atoms with Crippen molar-refractivity contribution in [2.45, 2.75) is 13.0 Å². The van der Waals surface area contributed by atoms with E-state index in [-0.39, 0.29) is 11.2 Å². The van der Waals surface area contributed by atoms with Crippen molar-refractivity contribution < 1.29 is 0 Å². The molecule has 3 rings (SSSR count). The van der Waals surface area contributed by atoms with Gasteiger partial charge in [0.2, 0.25) is 0 Å². The first kappa shape index (κ1) is 16.4. The van der Waals surface area contributed by atoms with E-state index in [9.17, 15) is 9.59 Å². The number of anilines is 1. The Kier molecular flexibility index (Phi) is 4.80. The maximum atomic E-state index is 12.0. The molecule has 0 bridgehead atoms. The lowest BCUT2D eigenvalue weighted by molar-refractivity contribution is 0.308. The molecule has 1 fully saturated rings. The molecule has 128 valence electrons. The molecule has 24 heavy (non-hydrogen) atoms. The third-order valence-electron chi connectivity index (χ3n) is 4.62. The fraction of sp³-hybridized carbons (Fsp3) is 0.471. The molecule has 1 aliphatic rings. The molecule has 0 radical (unpaired) electrons. The van der Waals surface area contributed by atoms with Gasteiger partial charge in [0, 0.05) is 51.7 Å². The predicted molar refractivity (Wildman–Crippen MR) is 93.0 cm³/mol. The van der Waals surface area contributed by atoms with Crippen LogP contribution < -0.4 is 16.6 Å². The Labute approximate surface area is 140 Å². The summed E-state index contributed by atoms with van der Waals surface area (Å²) in [6.45, 7) is 3.42. The van der Waals surface area contributed by atoms with Gasteiger partial charge in [-0.05, 0) is 31.0 Å². The molecule has 7 heteroatoms. The summed E-state index contributed by atoms with van der Waals surface area (Å²) in [5, 5.41) is 3.36. The average Bonchev–Trinajstić information content (AvgIpc) is 3.04. The highest BCUT2D eigenvalue weighted by Gasteiger charge is 2.23. The van der Waals surface area contributed by atoms with Crippen LogP contribution in [0.4, 0.5) is 5.82 Å². The van der Waals surface area contributed by atoms with Crippen LogP contribution in [0.1, 0.15) is 12.1 Å². The Balaban J connectivity index is 1.59. The smallest absolute Gasteiger partial charge is 0.330 e. The van der Waals surface area contributed by atoms with Crippen LogP contribution in [0.5, 0.6) is 0 Å². The summed E-state index contributed by atoms with van der Waals surface area (Å²) in [7, 11) is 3.22. The minimum atomic E-state index is -0.273. The second-order valence-corrected chi connectivity index (χ2v) is 6.36. The van der Waals surface area contributed by atoms with E-state index in [1.165, 1.54) is 7.05 Å². The number of pyridine rings is 1. The van der Waals surface area contributed by atoms with Crippen LogP contribution >= 0.6 is 0 Å². The van der Waals surface area contributed by atoms with E-state index in [1.807, 2.05) is 18.2 Å². The zero-order valence-electron chi connectivity index (χ0n) is 14.1. The maximum absolute atomic E-state index is 12.0. The fourth-order valence-electron chi connectivity index (χ4n) is 3.10. The summed E-state index contributed by atoms with van der Waals surface area (Å²) >= 11 is 0. The molecule has 1 N–H and O–H groups in total. The van der Waals surface area contributed by atoms with Gasteiger partial charge in [-0.2, -0.15) is 0 Å². The van der Waals surface area contributed by atoms with Crippen LogP contribution in [-0.2, 0) is 20.6 Å². The lowest BCUT2D eigenvalue weighted by Gasteiger charge is -2.18. The minimum absolute atomic E-state index is 0.249. The second-order valence-electron chi connectivity index (χ2n) is 6.36. The first-order valence-corrected chi connectivity index (χ1v) is 8.18. The molecule has 0 spiro atoms. The first-order chi connectivity index (χ1) is 11.5. The highest BCUT2D eigenvalue weighted by molar-refractivity contribution is 5.33. The number of hydrogen-bond acceptors (Lipinski definition) is 5. The van der Waals surface area contributed by atoms with Crippen molar-refractivity contribution in [1.29, 1.82) is 0 Å². The molecule has 2 aromatic rings. The third kappa shape index (κ3) is 3.56. The second kappa shape index (κ2) is 7.00. The average molecular weight is 329 g/mol. The minimum Gasteiger partial charge on any atom is -0.370 e. The Morgan fingerprint density at radius 1 is 1.25 bits per heavy atom. The van der Waals surface area contributed by atoms with Crippen LogP contribution in [0.2, 0.25) is 0 Å². The molecule has 3 heterocycles. The quantitative estimate of drug-likeness (QED) is 0.860. The Morgan fingerprint density at radius 3 is 2.83 bits per heavy atom. The molecular formula is C17H23N5O2. The van der Waals surface area contributed by atoms with Gasteiger partial charge in [0.15, 0.2) is 0 Å². The third-order valence-corrected chi connectivity index (χ3v) is 4.62. The van der Waals surface area contributed by atoms with Crippen molar-refractivity contribution in [3.63, 3.8) is 0 Å². The number of hydrogen-bond donors (Lipinski definition) is 1. The number of nitrogens with zero attached hydrogens (tertiary/aromatic N) is 4. The van der Waals surface area contributed by atoms with Gasteiger partial charge >= 0.3 is 5.69 Å². The molecular weight excluding hydrogens is 306 g/mol. The number of nitrogens with one attached hydrogen (secondary N) is 1. The van der Waals surface area contributed by atoms with E-state index < -0.39 is 0 Å². The molecule has 0 saturated carbocycles. The number of rotatable bonds is 5. The molecule has 0 unspecified atom stereocenters. The van der Waals surface area contributed by atoms with Crippen LogP contribution in [0, 0.1) is 5.92 Å². The topological polar surface area (TPSA) is 72.2 Å². The molecule has 7 nitrogen and oxygen atoms in total. The normalized spacial score (nSPS) is 18.0. The van der Waals surface area contributed by atoms with Crippen molar-refractivity contribution in [3.8, 4) is 0 Å². The van der Waals surface area contributed by atoms with E-state index in [2.05, 4.69) is 15.2 Å². The molecule has 1 saturated heterocycles. The molecule has 0 amide bonds. The maximum Gasteiger partial charge on any atom is 0.330 e. The van der Waals surface area contributed by atoms with Gasteiger partial charge in [-0.3, -0.25) is 18.8 Å². The van der Waals surface area contributed by atoms with Crippen molar-refractivity contribution in [2.75, 3.05) is 25.0 Å². The van der Waals surface area contributed by atoms with Crippen LogP contribution in [0.25, 0.3) is 0 Å². The Bertz CT molecular complexity index is 812. The monoisotopic (exact) mass is 329 g/mol. The zero-order chi connectivity index (χ0) is 17.1. The predicted octanol–water partition coefficient (Wildman–Crippen LogP) is 0.413. The van der Waals surface area contributed by atoms with E-state index >= 15 is 0 Å². The Morgan fingerprint density at radius 2 is 2.08 bits per heavy atom. The first-order valence-electron chi connectivity index (χ1n) is 8.18. The van der Waals surface area contributed by atoms with Gasteiger partial charge in [-0.1, -0.05) is 6.07 Å². The molecule has 2 aromatic heterocycles. The lowest BCUT2D eigenvalue weighted by atomic mass is 10.1. The van der Waals surface area contributed by atoms with Crippen molar-refractivity contribution in [1.82, 2.24) is 19.0 Å². The van der Waals surface area contributed by atoms with Gasteiger partial charge in [-0.15, -0.1) is 0 Å². The van der Waals surface area contributed by atoms with Crippen LogP contribution in [-0.4, -0.2) is 38.7 Å². The van der Waals surface area contributed by atoms with Gasteiger partial charge in [0.1, 0.15) is 5.82 Å². The van der Waals surface area contributed by atoms with Gasteiger partial charge < -0.3 is 5.32 Å². The largest absolute Gasteiger partial charge is 0.370 e. The van der Waals surface area contributed by atoms with Crippen LogP contribution in [0.3, 0.4) is 0 Å². The number of aromatic nitrogens is 3. The van der Waals surface area contributed by atoms with E-state index in [4.69, 9.17) is 0 Å². The van der Waals surface area contributed by atoms with Crippen molar-refractivity contribution >= 4 is 5.82 Å². The van der Waals surface area contributed by atoms with Gasteiger partial charge in [0.25, 0.3) is 5.56 Å². The van der Waals surface area contributed by atoms with Gasteiger partial charge in [0.05, 0.1) is 0 Å². The van der Waals surface area contributed by atoms with Crippen molar-refractivity contribution in [2.24, 2.45) is 20.0 Å².